The molecular formula is C12H13IN2O. The summed E-state index contributed by atoms with van der Waals surface area (Å²) >= 11 is 2.27. The Balaban J connectivity index is 2.05. The molecule has 84 valence electrons. The second-order valence-electron chi connectivity index (χ2n) is 3.35. The van der Waals surface area contributed by atoms with Gasteiger partial charge in [0.25, 0.3) is 0 Å². The van der Waals surface area contributed by atoms with Crippen molar-refractivity contribution in [3.05, 3.63) is 46.1 Å². The maximum atomic E-state index is 5.73. The summed E-state index contributed by atoms with van der Waals surface area (Å²) in [6, 6.07) is 7.98. The van der Waals surface area contributed by atoms with Crippen molar-refractivity contribution in [1.29, 1.82) is 0 Å². The molecule has 1 heterocycles. The Morgan fingerprint density at radius 2 is 2.19 bits per heavy atom. The highest BCUT2D eigenvalue weighted by Crippen LogP contribution is 2.20. The molecule has 0 amide bonds. The van der Waals surface area contributed by atoms with Crippen LogP contribution in [-0.2, 0) is 13.2 Å². The quantitative estimate of drug-likeness (QED) is 0.807. The zero-order chi connectivity index (χ0) is 11.4. The van der Waals surface area contributed by atoms with Crippen molar-refractivity contribution in [3.8, 4) is 5.75 Å². The highest BCUT2D eigenvalue weighted by atomic mass is 127. The van der Waals surface area contributed by atoms with Gasteiger partial charge in [-0.25, -0.2) is 4.98 Å². The Labute approximate surface area is 109 Å². The zero-order valence-corrected chi connectivity index (χ0v) is 11.2. The Morgan fingerprint density at radius 3 is 2.94 bits per heavy atom. The van der Waals surface area contributed by atoms with Crippen molar-refractivity contribution in [2.45, 2.75) is 20.1 Å². The van der Waals surface area contributed by atoms with Gasteiger partial charge in [0.2, 0.25) is 0 Å². The Bertz CT molecular complexity index is 468. The van der Waals surface area contributed by atoms with Crippen LogP contribution in [0.25, 0.3) is 0 Å². The van der Waals surface area contributed by atoms with Gasteiger partial charge in [0.1, 0.15) is 18.2 Å². The SMILES string of the molecule is CCn1ccnc1COc1ccccc1I. The topological polar surface area (TPSA) is 27.1 Å². The third-order valence-electron chi connectivity index (χ3n) is 2.34. The molecule has 1 aromatic heterocycles. The largest absolute Gasteiger partial charge is 0.485 e. The fourth-order valence-corrected chi connectivity index (χ4v) is 2.02. The van der Waals surface area contributed by atoms with E-state index >= 15 is 0 Å². The third-order valence-corrected chi connectivity index (χ3v) is 3.23. The normalized spacial score (nSPS) is 10.4. The number of hydrogen-bond donors (Lipinski definition) is 0. The van der Waals surface area contributed by atoms with Crippen molar-refractivity contribution in [2.75, 3.05) is 0 Å². The maximum Gasteiger partial charge on any atom is 0.146 e. The molecule has 2 rings (SSSR count). The van der Waals surface area contributed by atoms with Gasteiger partial charge in [0, 0.05) is 18.9 Å². The number of benzene rings is 1. The van der Waals surface area contributed by atoms with Gasteiger partial charge >= 0.3 is 0 Å². The summed E-state index contributed by atoms with van der Waals surface area (Å²) < 4.78 is 8.93. The lowest BCUT2D eigenvalue weighted by molar-refractivity contribution is 0.288. The van der Waals surface area contributed by atoms with Crippen LogP contribution < -0.4 is 4.74 Å². The molecule has 0 N–H and O–H groups in total. The number of nitrogens with zero attached hydrogens (tertiary/aromatic N) is 2. The first-order valence-electron chi connectivity index (χ1n) is 5.18. The molecule has 0 spiro atoms. The van der Waals surface area contributed by atoms with E-state index in [1.807, 2.05) is 30.5 Å². The predicted molar refractivity (Wildman–Crippen MR) is 71.4 cm³/mol. The van der Waals surface area contributed by atoms with Crippen LogP contribution in [0.3, 0.4) is 0 Å². The van der Waals surface area contributed by atoms with Gasteiger partial charge in [0.15, 0.2) is 0 Å². The van der Waals surface area contributed by atoms with Crippen LogP contribution in [0.4, 0.5) is 0 Å². The summed E-state index contributed by atoms with van der Waals surface area (Å²) in [6.07, 6.45) is 3.77. The van der Waals surface area contributed by atoms with Crippen LogP contribution in [0.1, 0.15) is 12.7 Å². The lowest BCUT2D eigenvalue weighted by Crippen LogP contribution is -2.05. The van der Waals surface area contributed by atoms with E-state index in [1.165, 1.54) is 0 Å². The fourth-order valence-electron chi connectivity index (χ4n) is 1.47. The minimum absolute atomic E-state index is 0.515. The standard InChI is InChI=1S/C12H13IN2O/c1-2-15-8-7-14-12(15)9-16-11-6-4-3-5-10(11)13/h3-8H,2,9H2,1H3. The number of hydrogen-bond acceptors (Lipinski definition) is 2. The van der Waals surface area contributed by atoms with E-state index in [2.05, 4.69) is 39.1 Å². The first-order chi connectivity index (χ1) is 7.81. The third kappa shape index (κ3) is 2.55. The maximum absolute atomic E-state index is 5.73. The first-order valence-corrected chi connectivity index (χ1v) is 6.26. The number of para-hydroxylation sites is 1. The number of aromatic nitrogens is 2. The van der Waals surface area contributed by atoms with Crippen molar-refractivity contribution in [2.24, 2.45) is 0 Å². The molecule has 0 radical (unpaired) electrons. The lowest BCUT2D eigenvalue weighted by atomic mass is 10.3. The molecule has 0 saturated carbocycles. The van der Waals surface area contributed by atoms with E-state index in [9.17, 15) is 0 Å². The molecule has 0 aliphatic rings. The molecule has 4 heteroatoms. The monoisotopic (exact) mass is 328 g/mol. The summed E-state index contributed by atoms with van der Waals surface area (Å²) in [4.78, 5) is 4.27. The zero-order valence-electron chi connectivity index (χ0n) is 9.06. The predicted octanol–water partition coefficient (Wildman–Crippen LogP) is 3.09. The molecule has 2 aromatic rings. The molecule has 0 atom stereocenters. The van der Waals surface area contributed by atoms with Gasteiger partial charge in [-0.3, -0.25) is 0 Å². The summed E-state index contributed by atoms with van der Waals surface area (Å²) in [5, 5.41) is 0. The van der Waals surface area contributed by atoms with Crippen LogP contribution in [0, 0.1) is 3.57 Å². The average molecular weight is 328 g/mol. The molecule has 1 aromatic carbocycles. The molecule has 0 fully saturated rings. The van der Waals surface area contributed by atoms with Gasteiger partial charge in [-0.1, -0.05) is 12.1 Å². The molecule has 0 bridgehead atoms. The Hall–Kier alpha value is -1.04. The first kappa shape index (κ1) is 11.4. The van der Waals surface area contributed by atoms with E-state index in [0.29, 0.717) is 6.61 Å². The van der Waals surface area contributed by atoms with E-state index in [0.717, 1.165) is 21.7 Å². The molecule has 0 saturated heterocycles. The van der Waals surface area contributed by atoms with E-state index in [-0.39, 0.29) is 0 Å². The molecule has 3 nitrogen and oxygen atoms in total. The summed E-state index contributed by atoms with van der Waals surface area (Å²) in [5.74, 6) is 1.87. The van der Waals surface area contributed by atoms with Crippen LogP contribution in [-0.4, -0.2) is 9.55 Å². The number of rotatable bonds is 4. The van der Waals surface area contributed by atoms with Crippen LogP contribution >= 0.6 is 22.6 Å². The number of halogens is 1. The van der Waals surface area contributed by atoms with Crippen molar-refractivity contribution >= 4 is 22.6 Å². The molecule has 0 unspecified atom stereocenters. The lowest BCUT2D eigenvalue weighted by Gasteiger charge is -2.08. The summed E-state index contributed by atoms with van der Waals surface area (Å²) in [7, 11) is 0. The van der Waals surface area contributed by atoms with Crippen LogP contribution in [0.15, 0.2) is 36.7 Å². The summed E-state index contributed by atoms with van der Waals surface area (Å²) in [5.41, 5.74) is 0. The number of ether oxygens (including phenoxy) is 1. The Kier molecular flexibility index (Phi) is 3.82. The second-order valence-corrected chi connectivity index (χ2v) is 4.51. The smallest absolute Gasteiger partial charge is 0.146 e. The van der Waals surface area contributed by atoms with Crippen LogP contribution in [0.2, 0.25) is 0 Å². The highest BCUT2D eigenvalue weighted by molar-refractivity contribution is 14.1. The molecule has 16 heavy (non-hydrogen) atoms. The summed E-state index contributed by atoms with van der Waals surface area (Å²) in [6.45, 7) is 3.53. The molecule has 0 aliphatic carbocycles. The Morgan fingerprint density at radius 1 is 1.38 bits per heavy atom. The van der Waals surface area contributed by atoms with E-state index in [4.69, 9.17) is 4.74 Å². The average Bonchev–Trinajstić information content (AvgIpc) is 2.75. The van der Waals surface area contributed by atoms with Gasteiger partial charge in [-0.15, -0.1) is 0 Å². The fraction of sp³-hybridized carbons (Fsp3) is 0.250. The van der Waals surface area contributed by atoms with Gasteiger partial charge in [-0.05, 0) is 41.6 Å². The second kappa shape index (κ2) is 5.34. The van der Waals surface area contributed by atoms with E-state index in [1.54, 1.807) is 6.20 Å². The molecule has 0 aliphatic heterocycles. The minimum Gasteiger partial charge on any atom is -0.485 e. The van der Waals surface area contributed by atoms with Gasteiger partial charge in [0.05, 0.1) is 3.57 Å². The van der Waals surface area contributed by atoms with Crippen molar-refractivity contribution in [1.82, 2.24) is 9.55 Å². The van der Waals surface area contributed by atoms with Gasteiger partial charge in [-0.2, -0.15) is 0 Å². The van der Waals surface area contributed by atoms with Gasteiger partial charge < -0.3 is 9.30 Å². The van der Waals surface area contributed by atoms with E-state index < -0.39 is 0 Å². The van der Waals surface area contributed by atoms with Crippen LogP contribution in [0.5, 0.6) is 5.75 Å². The van der Waals surface area contributed by atoms with Crippen molar-refractivity contribution < 1.29 is 4.74 Å². The highest BCUT2D eigenvalue weighted by Gasteiger charge is 2.03. The molecular weight excluding hydrogens is 315 g/mol. The number of imidazole rings is 1. The minimum atomic E-state index is 0.515. The van der Waals surface area contributed by atoms with Crippen molar-refractivity contribution in [3.63, 3.8) is 0 Å². The number of aryl methyl sites for hydroxylation is 1.